The van der Waals surface area contributed by atoms with Gasteiger partial charge in [0.05, 0.1) is 10.3 Å². The second-order valence-corrected chi connectivity index (χ2v) is 8.34. The van der Waals surface area contributed by atoms with Gasteiger partial charge in [0.2, 0.25) is 11.8 Å². The highest BCUT2D eigenvalue weighted by atomic mass is 35.5. The summed E-state index contributed by atoms with van der Waals surface area (Å²) in [6, 6.07) is 20.4. The van der Waals surface area contributed by atoms with E-state index >= 15 is 0 Å². The van der Waals surface area contributed by atoms with Crippen LogP contribution in [0.25, 0.3) is 6.08 Å². The second-order valence-electron chi connectivity index (χ2n) is 6.63. The first-order chi connectivity index (χ1) is 15.0. The Balaban J connectivity index is 1.60. The van der Waals surface area contributed by atoms with Crippen molar-refractivity contribution in [3.05, 3.63) is 89.6 Å². The zero-order chi connectivity index (χ0) is 22.1. The first kappa shape index (κ1) is 22.6. The number of carbonyl (C=O) groups excluding carboxylic acids is 2. The first-order valence-corrected chi connectivity index (χ1v) is 11.0. The zero-order valence-corrected chi connectivity index (χ0v) is 18.5. The third kappa shape index (κ3) is 7.27. The number of rotatable bonds is 8. The van der Waals surface area contributed by atoms with E-state index in [0.717, 1.165) is 10.5 Å². The molecule has 2 N–H and O–H groups in total. The molecule has 0 fully saturated rings. The van der Waals surface area contributed by atoms with E-state index in [1.165, 1.54) is 24.0 Å². The first-order valence-electron chi connectivity index (χ1n) is 9.76. The summed E-state index contributed by atoms with van der Waals surface area (Å²) in [6.45, 7) is 1.95. The molecule has 3 aromatic rings. The molecule has 0 saturated heterocycles. The van der Waals surface area contributed by atoms with E-state index in [1.54, 1.807) is 18.2 Å². The molecule has 5 nitrogen and oxygen atoms in total. The van der Waals surface area contributed by atoms with Gasteiger partial charge in [0, 0.05) is 22.9 Å². The number of nitrogens with one attached hydrogen (secondary N) is 2. The summed E-state index contributed by atoms with van der Waals surface area (Å²) >= 11 is 7.27. The van der Waals surface area contributed by atoms with Crippen molar-refractivity contribution in [3.63, 3.8) is 0 Å². The van der Waals surface area contributed by atoms with Crippen molar-refractivity contribution in [2.75, 3.05) is 10.6 Å². The van der Waals surface area contributed by atoms with Crippen molar-refractivity contribution >= 4 is 52.8 Å². The van der Waals surface area contributed by atoms with Crippen molar-refractivity contribution in [3.8, 4) is 0 Å². The lowest BCUT2D eigenvalue weighted by molar-refractivity contribution is -0.115. The van der Waals surface area contributed by atoms with Crippen molar-refractivity contribution in [2.45, 2.75) is 23.5 Å². The lowest BCUT2D eigenvalue weighted by Gasteiger charge is -2.15. The Labute approximate surface area is 190 Å². The smallest absolute Gasteiger partial charge is 0.248 e. The summed E-state index contributed by atoms with van der Waals surface area (Å²) in [5.74, 6) is 0.104. The number of aromatic nitrogens is 1. The third-order valence-electron chi connectivity index (χ3n) is 4.25. The molecule has 31 heavy (non-hydrogen) atoms. The van der Waals surface area contributed by atoms with Crippen LogP contribution in [0.5, 0.6) is 0 Å². The summed E-state index contributed by atoms with van der Waals surface area (Å²) in [5, 5.41) is 5.87. The third-order valence-corrected chi connectivity index (χ3v) is 5.83. The molecule has 1 atom stereocenters. The number of halogens is 1. The van der Waals surface area contributed by atoms with Crippen LogP contribution in [-0.4, -0.2) is 22.0 Å². The van der Waals surface area contributed by atoms with Crippen LogP contribution < -0.4 is 10.6 Å². The molecule has 0 bridgehead atoms. The molecule has 0 radical (unpaired) electrons. The highest BCUT2D eigenvalue weighted by Gasteiger charge is 2.18. The largest absolute Gasteiger partial charge is 0.322 e. The molecule has 0 aliphatic heterocycles. The normalized spacial score (nSPS) is 11.8. The lowest BCUT2D eigenvalue weighted by Crippen LogP contribution is -2.25. The Hall–Kier alpha value is -3.09. The van der Waals surface area contributed by atoms with Crippen LogP contribution in [0.4, 0.5) is 11.5 Å². The van der Waals surface area contributed by atoms with Crippen LogP contribution in [0.3, 0.4) is 0 Å². The Morgan fingerprint density at radius 3 is 2.58 bits per heavy atom. The number of thioether (sulfide) groups is 1. The number of nitrogens with zero attached hydrogens (tertiary/aromatic N) is 1. The predicted octanol–water partition coefficient (Wildman–Crippen LogP) is 5.90. The fourth-order valence-electron chi connectivity index (χ4n) is 2.71. The van der Waals surface area contributed by atoms with E-state index in [2.05, 4.69) is 15.6 Å². The molecule has 2 aromatic carbocycles. The summed E-state index contributed by atoms with van der Waals surface area (Å²) in [6.07, 6.45) is 5.39. The monoisotopic (exact) mass is 451 g/mol. The number of hydrogen-bond acceptors (Lipinski definition) is 4. The van der Waals surface area contributed by atoms with Crippen LogP contribution in [0.15, 0.2) is 83.9 Å². The Morgan fingerprint density at radius 2 is 1.87 bits per heavy atom. The van der Waals surface area contributed by atoms with Crippen LogP contribution in [0, 0.1) is 0 Å². The molecule has 0 aliphatic carbocycles. The van der Waals surface area contributed by atoms with Gasteiger partial charge in [-0.3, -0.25) is 9.59 Å². The van der Waals surface area contributed by atoms with Gasteiger partial charge in [-0.05, 0) is 48.4 Å². The van der Waals surface area contributed by atoms with Crippen LogP contribution in [-0.2, 0) is 9.59 Å². The average molecular weight is 452 g/mol. The fourth-order valence-corrected chi connectivity index (χ4v) is 3.84. The van der Waals surface area contributed by atoms with E-state index < -0.39 is 0 Å². The van der Waals surface area contributed by atoms with Crippen molar-refractivity contribution in [2.24, 2.45) is 0 Å². The second kappa shape index (κ2) is 11.3. The Kier molecular flexibility index (Phi) is 8.27. The molecule has 7 heteroatoms. The molecule has 0 aliphatic rings. The molecule has 1 heterocycles. The minimum atomic E-state index is -0.304. The maximum absolute atomic E-state index is 12.6. The maximum atomic E-state index is 12.6. The van der Waals surface area contributed by atoms with Crippen LogP contribution in [0.1, 0.15) is 18.9 Å². The van der Waals surface area contributed by atoms with Crippen molar-refractivity contribution < 1.29 is 9.59 Å². The number of pyridine rings is 1. The molecule has 1 unspecified atom stereocenters. The lowest BCUT2D eigenvalue weighted by atomic mass is 10.2. The summed E-state index contributed by atoms with van der Waals surface area (Å²) in [7, 11) is 0. The zero-order valence-electron chi connectivity index (χ0n) is 16.9. The number of carbonyl (C=O) groups is 2. The molecule has 1 aromatic heterocycles. The molecule has 0 spiro atoms. The molecular formula is C24H22ClN3O2S. The molecule has 0 saturated carbocycles. The number of amides is 2. The average Bonchev–Trinajstić information content (AvgIpc) is 2.78. The van der Waals surface area contributed by atoms with Gasteiger partial charge in [-0.1, -0.05) is 54.9 Å². The van der Waals surface area contributed by atoms with Gasteiger partial charge in [0.15, 0.2) is 0 Å². The standard InChI is InChI=1S/C24H22ClN3O2S/c1-2-21(24(30)28-22-13-12-18(25)16-26-22)31-20-10-6-9-19(15-20)27-23(29)14-11-17-7-4-3-5-8-17/h3-16,21H,2H2,1H3,(H,27,29)(H,26,28,30)/b14-11+. The molecule has 158 valence electrons. The highest BCUT2D eigenvalue weighted by Crippen LogP contribution is 2.28. The molecule has 3 rings (SSSR count). The molecular weight excluding hydrogens is 430 g/mol. The van der Waals surface area contributed by atoms with E-state index in [1.807, 2.05) is 61.5 Å². The van der Waals surface area contributed by atoms with Crippen LogP contribution >= 0.6 is 23.4 Å². The minimum absolute atomic E-state index is 0.137. The number of benzene rings is 2. The molecule has 2 amide bonds. The van der Waals surface area contributed by atoms with Gasteiger partial charge in [0.1, 0.15) is 5.82 Å². The maximum Gasteiger partial charge on any atom is 0.248 e. The Bertz CT molecular complexity index is 1060. The van der Waals surface area contributed by atoms with Gasteiger partial charge in [-0.25, -0.2) is 4.98 Å². The van der Waals surface area contributed by atoms with Gasteiger partial charge < -0.3 is 10.6 Å². The van der Waals surface area contributed by atoms with E-state index in [0.29, 0.717) is 22.9 Å². The van der Waals surface area contributed by atoms with Crippen LogP contribution in [0.2, 0.25) is 5.02 Å². The van der Waals surface area contributed by atoms with Gasteiger partial charge in [-0.15, -0.1) is 11.8 Å². The quantitative estimate of drug-likeness (QED) is 0.330. The summed E-state index contributed by atoms with van der Waals surface area (Å²) in [4.78, 5) is 29.8. The summed E-state index contributed by atoms with van der Waals surface area (Å²) in [5.41, 5.74) is 1.62. The van der Waals surface area contributed by atoms with E-state index in [-0.39, 0.29) is 17.1 Å². The fraction of sp³-hybridized carbons (Fsp3) is 0.125. The van der Waals surface area contributed by atoms with Gasteiger partial charge in [-0.2, -0.15) is 0 Å². The number of hydrogen-bond donors (Lipinski definition) is 2. The van der Waals surface area contributed by atoms with Gasteiger partial charge >= 0.3 is 0 Å². The van der Waals surface area contributed by atoms with Crippen molar-refractivity contribution in [1.29, 1.82) is 0 Å². The van der Waals surface area contributed by atoms with Gasteiger partial charge in [0.25, 0.3) is 0 Å². The highest BCUT2D eigenvalue weighted by molar-refractivity contribution is 8.00. The minimum Gasteiger partial charge on any atom is -0.322 e. The Morgan fingerprint density at radius 1 is 1.06 bits per heavy atom. The topological polar surface area (TPSA) is 71.1 Å². The summed E-state index contributed by atoms with van der Waals surface area (Å²) < 4.78 is 0. The van der Waals surface area contributed by atoms with E-state index in [4.69, 9.17) is 11.6 Å². The van der Waals surface area contributed by atoms with Crippen molar-refractivity contribution in [1.82, 2.24) is 4.98 Å². The predicted molar refractivity (Wildman–Crippen MR) is 128 cm³/mol. The number of anilines is 2. The van der Waals surface area contributed by atoms with E-state index in [9.17, 15) is 9.59 Å². The SMILES string of the molecule is CCC(Sc1cccc(NC(=O)/C=C/c2ccccc2)c1)C(=O)Nc1ccc(Cl)cn1.